The van der Waals surface area contributed by atoms with E-state index in [9.17, 15) is 4.79 Å². The molecule has 0 unspecified atom stereocenters. The SMILES string of the molecule is COc1ccccc1O[C@H](C)CNC(=O)/C=C\c1cscn1. The van der Waals surface area contributed by atoms with Crippen molar-refractivity contribution in [1.82, 2.24) is 10.3 Å². The van der Waals surface area contributed by atoms with Gasteiger partial charge in [0.25, 0.3) is 0 Å². The summed E-state index contributed by atoms with van der Waals surface area (Å²) in [5.74, 6) is 1.15. The lowest BCUT2D eigenvalue weighted by molar-refractivity contribution is -0.116. The van der Waals surface area contributed by atoms with Gasteiger partial charge in [0.1, 0.15) is 6.10 Å². The van der Waals surface area contributed by atoms with Gasteiger partial charge >= 0.3 is 0 Å². The van der Waals surface area contributed by atoms with E-state index >= 15 is 0 Å². The van der Waals surface area contributed by atoms with Crippen LogP contribution in [0.2, 0.25) is 0 Å². The van der Waals surface area contributed by atoms with E-state index in [1.807, 2.05) is 36.6 Å². The first-order chi connectivity index (χ1) is 10.7. The Morgan fingerprint density at radius 1 is 1.41 bits per heavy atom. The molecule has 2 aromatic rings. The Kier molecular flexibility index (Phi) is 5.97. The summed E-state index contributed by atoms with van der Waals surface area (Å²) in [7, 11) is 1.60. The molecule has 1 aromatic carbocycles. The number of ether oxygens (including phenoxy) is 2. The van der Waals surface area contributed by atoms with E-state index in [1.54, 1.807) is 18.7 Å². The summed E-state index contributed by atoms with van der Waals surface area (Å²) >= 11 is 1.49. The number of methoxy groups -OCH3 is 1. The zero-order chi connectivity index (χ0) is 15.8. The third kappa shape index (κ3) is 4.89. The van der Waals surface area contributed by atoms with E-state index in [1.165, 1.54) is 17.4 Å². The standard InChI is InChI=1S/C16H18N2O3S/c1-12(21-15-6-4-3-5-14(15)20-2)9-17-16(19)8-7-13-10-22-11-18-13/h3-8,10-12H,9H2,1-2H3,(H,17,19)/b8-7-/t12-/m1/s1. The molecule has 0 aliphatic heterocycles. The average Bonchev–Trinajstić information content (AvgIpc) is 3.05. The summed E-state index contributed by atoms with van der Waals surface area (Å²) in [6.07, 6.45) is 2.97. The van der Waals surface area contributed by atoms with Gasteiger partial charge in [0.15, 0.2) is 11.5 Å². The molecule has 5 nitrogen and oxygen atoms in total. The lowest BCUT2D eigenvalue weighted by Gasteiger charge is -2.16. The van der Waals surface area contributed by atoms with Crippen molar-refractivity contribution in [2.75, 3.05) is 13.7 Å². The van der Waals surface area contributed by atoms with Gasteiger partial charge in [-0.3, -0.25) is 4.79 Å². The van der Waals surface area contributed by atoms with E-state index in [-0.39, 0.29) is 12.0 Å². The highest BCUT2D eigenvalue weighted by Gasteiger charge is 2.09. The fourth-order valence-electron chi connectivity index (χ4n) is 1.74. The maximum atomic E-state index is 11.7. The van der Waals surface area contributed by atoms with Crippen molar-refractivity contribution in [1.29, 1.82) is 0 Å². The smallest absolute Gasteiger partial charge is 0.244 e. The Balaban J connectivity index is 1.80. The Bertz CT molecular complexity index is 626. The summed E-state index contributed by atoms with van der Waals surface area (Å²) in [4.78, 5) is 15.8. The van der Waals surface area contributed by atoms with E-state index in [0.717, 1.165) is 5.69 Å². The quantitative estimate of drug-likeness (QED) is 0.798. The predicted molar refractivity (Wildman–Crippen MR) is 87.2 cm³/mol. The highest BCUT2D eigenvalue weighted by atomic mass is 32.1. The number of carbonyl (C=O) groups is 1. The second kappa shape index (κ2) is 8.19. The van der Waals surface area contributed by atoms with Crippen molar-refractivity contribution < 1.29 is 14.3 Å². The van der Waals surface area contributed by atoms with E-state index in [4.69, 9.17) is 9.47 Å². The van der Waals surface area contributed by atoms with Crippen molar-refractivity contribution in [2.45, 2.75) is 13.0 Å². The first kappa shape index (κ1) is 16.0. The number of benzene rings is 1. The van der Waals surface area contributed by atoms with Crippen LogP contribution in [0.1, 0.15) is 12.6 Å². The Morgan fingerprint density at radius 2 is 2.18 bits per heavy atom. The number of amides is 1. The summed E-state index contributed by atoms with van der Waals surface area (Å²) in [5, 5.41) is 4.66. The average molecular weight is 318 g/mol. The number of hydrogen-bond donors (Lipinski definition) is 1. The van der Waals surface area contributed by atoms with E-state index in [0.29, 0.717) is 18.0 Å². The summed E-state index contributed by atoms with van der Waals surface area (Å²) in [6, 6.07) is 7.41. The predicted octanol–water partition coefficient (Wildman–Crippen LogP) is 2.75. The molecule has 6 heteroatoms. The minimum atomic E-state index is -0.177. The van der Waals surface area contributed by atoms with Crippen molar-refractivity contribution in [3.63, 3.8) is 0 Å². The zero-order valence-electron chi connectivity index (χ0n) is 12.5. The molecule has 0 fully saturated rings. The van der Waals surface area contributed by atoms with Crippen molar-refractivity contribution >= 4 is 23.3 Å². The van der Waals surface area contributed by atoms with E-state index < -0.39 is 0 Å². The highest BCUT2D eigenvalue weighted by molar-refractivity contribution is 7.07. The first-order valence-corrected chi connectivity index (χ1v) is 7.77. The van der Waals surface area contributed by atoms with Crippen LogP contribution < -0.4 is 14.8 Å². The summed E-state index contributed by atoms with van der Waals surface area (Å²) < 4.78 is 11.0. The third-order valence-electron chi connectivity index (χ3n) is 2.82. The van der Waals surface area contributed by atoms with Crippen LogP contribution in [-0.2, 0) is 4.79 Å². The molecule has 116 valence electrons. The van der Waals surface area contributed by atoms with Crippen molar-refractivity contribution in [2.24, 2.45) is 0 Å². The van der Waals surface area contributed by atoms with Gasteiger partial charge < -0.3 is 14.8 Å². The lowest BCUT2D eigenvalue weighted by Crippen LogP contribution is -2.32. The van der Waals surface area contributed by atoms with Crippen LogP contribution in [0, 0.1) is 0 Å². The van der Waals surface area contributed by atoms with Crippen LogP contribution in [0.15, 0.2) is 41.2 Å². The molecule has 1 amide bonds. The first-order valence-electron chi connectivity index (χ1n) is 6.83. The Labute approximate surface area is 133 Å². The fraction of sp³-hybridized carbons (Fsp3) is 0.250. The second-order valence-corrected chi connectivity index (χ2v) is 5.29. The number of aromatic nitrogens is 1. The van der Waals surface area contributed by atoms with Crippen LogP contribution >= 0.6 is 11.3 Å². The van der Waals surface area contributed by atoms with Crippen molar-refractivity contribution in [3.05, 3.63) is 46.9 Å². The number of carbonyl (C=O) groups excluding carboxylic acids is 1. The van der Waals surface area contributed by atoms with Gasteiger partial charge in [0.2, 0.25) is 5.91 Å². The molecule has 0 bridgehead atoms. The molecule has 0 saturated carbocycles. The molecule has 1 atom stereocenters. The maximum Gasteiger partial charge on any atom is 0.244 e. The molecule has 2 rings (SSSR count). The van der Waals surface area contributed by atoms with Gasteiger partial charge in [-0.05, 0) is 25.1 Å². The molecule has 1 aromatic heterocycles. The molecular formula is C16H18N2O3S. The topological polar surface area (TPSA) is 60.5 Å². The fourth-order valence-corrected chi connectivity index (χ4v) is 2.27. The minimum absolute atomic E-state index is 0.173. The van der Waals surface area contributed by atoms with Crippen LogP contribution in [0.5, 0.6) is 11.5 Å². The highest BCUT2D eigenvalue weighted by Crippen LogP contribution is 2.26. The Morgan fingerprint density at radius 3 is 2.86 bits per heavy atom. The zero-order valence-corrected chi connectivity index (χ0v) is 13.3. The van der Waals surface area contributed by atoms with Gasteiger partial charge in [-0.1, -0.05) is 12.1 Å². The van der Waals surface area contributed by atoms with Crippen LogP contribution in [0.4, 0.5) is 0 Å². The van der Waals surface area contributed by atoms with Gasteiger partial charge in [0.05, 0.1) is 24.9 Å². The van der Waals surface area contributed by atoms with Crippen LogP contribution in [0.25, 0.3) is 6.08 Å². The molecule has 0 aliphatic rings. The van der Waals surface area contributed by atoms with Crippen molar-refractivity contribution in [3.8, 4) is 11.5 Å². The summed E-state index contributed by atoms with van der Waals surface area (Å²) in [6.45, 7) is 2.29. The molecule has 1 heterocycles. The molecule has 0 saturated heterocycles. The summed E-state index contributed by atoms with van der Waals surface area (Å²) in [5.41, 5.74) is 2.50. The van der Waals surface area contributed by atoms with Crippen LogP contribution in [-0.4, -0.2) is 30.6 Å². The second-order valence-electron chi connectivity index (χ2n) is 4.57. The van der Waals surface area contributed by atoms with Gasteiger partial charge in [-0.25, -0.2) is 4.98 Å². The number of thiazole rings is 1. The molecule has 0 radical (unpaired) electrons. The molecule has 0 spiro atoms. The largest absolute Gasteiger partial charge is 0.493 e. The lowest BCUT2D eigenvalue weighted by atomic mass is 10.3. The number of hydrogen-bond acceptors (Lipinski definition) is 5. The normalized spacial score (nSPS) is 12.1. The van der Waals surface area contributed by atoms with Gasteiger partial charge in [0, 0.05) is 11.5 Å². The number of nitrogens with zero attached hydrogens (tertiary/aromatic N) is 1. The minimum Gasteiger partial charge on any atom is -0.493 e. The van der Waals surface area contributed by atoms with Gasteiger partial charge in [-0.15, -0.1) is 11.3 Å². The van der Waals surface area contributed by atoms with Gasteiger partial charge in [-0.2, -0.15) is 0 Å². The molecule has 22 heavy (non-hydrogen) atoms. The maximum absolute atomic E-state index is 11.7. The molecular weight excluding hydrogens is 300 g/mol. The van der Waals surface area contributed by atoms with Crippen LogP contribution in [0.3, 0.4) is 0 Å². The third-order valence-corrected chi connectivity index (χ3v) is 3.42. The number of nitrogens with one attached hydrogen (secondary N) is 1. The molecule has 1 N–H and O–H groups in total. The Hall–Kier alpha value is -2.34. The number of rotatable bonds is 7. The van der Waals surface area contributed by atoms with E-state index in [2.05, 4.69) is 10.3 Å². The number of para-hydroxylation sites is 2. The monoisotopic (exact) mass is 318 g/mol. The molecule has 0 aliphatic carbocycles.